The van der Waals surface area contributed by atoms with Crippen LogP contribution in [-0.4, -0.2) is 10.9 Å². The summed E-state index contributed by atoms with van der Waals surface area (Å²) in [7, 11) is 0. The normalized spacial score (nSPS) is 11.1. The van der Waals surface area contributed by atoms with Crippen LogP contribution in [-0.2, 0) is 12.7 Å². The Balaban J connectivity index is 1.65. The van der Waals surface area contributed by atoms with Gasteiger partial charge in [0.15, 0.2) is 0 Å². The highest BCUT2D eigenvalue weighted by atomic mass is 19.4. The first-order valence-electron chi connectivity index (χ1n) is 8.54. The van der Waals surface area contributed by atoms with Crippen molar-refractivity contribution in [2.75, 3.05) is 5.32 Å². The number of halogens is 3. The number of pyridine rings is 1. The molecule has 1 aromatic heterocycles. The summed E-state index contributed by atoms with van der Waals surface area (Å²) in [6.07, 6.45) is -1.45. The van der Waals surface area contributed by atoms with Crippen LogP contribution >= 0.6 is 0 Å². The molecule has 0 aliphatic rings. The molecule has 2 aromatic carbocycles. The molecule has 1 heterocycles. The quantitative estimate of drug-likeness (QED) is 0.644. The Hall–Kier alpha value is -3.35. The summed E-state index contributed by atoms with van der Waals surface area (Å²) in [5, 5.41) is 5.78. The second-order valence-electron chi connectivity index (χ2n) is 6.33. The number of rotatable bonds is 5. The number of carbonyl (C=O) groups is 1. The van der Waals surface area contributed by atoms with E-state index in [0.29, 0.717) is 23.5 Å². The summed E-state index contributed by atoms with van der Waals surface area (Å²) in [6, 6.07) is 14.0. The van der Waals surface area contributed by atoms with E-state index in [1.165, 1.54) is 24.5 Å². The zero-order valence-corrected chi connectivity index (χ0v) is 15.0. The van der Waals surface area contributed by atoms with Gasteiger partial charge in [0.2, 0.25) is 0 Å². The second-order valence-corrected chi connectivity index (χ2v) is 6.33. The molecule has 0 spiro atoms. The van der Waals surface area contributed by atoms with Crippen LogP contribution in [0.15, 0.2) is 67.0 Å². The number of nitrogens with one attached hydrogen (secondary N) is 2. The van der Waals surface area contributed by atoms with E-state index in [4.69, 9.17) is 0 Å². The molecule has 0 fully saturated rings. The summed E-state index contributed by atoms with van der Waals surface area (Å²) in [4.78, 5) is 16.4. The van der Waals surface area contributed by atoms with E-state index in [9.17, 15) is 18.0 Å². The van der Waals surface area contributed by atoms with Gasteiger partial charge in [0.25, 0.3) is 5.91 Å². The number of carbonyl (C=O) groups excluding carboxylic acids is 1. The van der Waals surface area contributed by atoms with Crippen molar-refractivity contribution in [1.82, 2.24) is 10.3 Å². The molecule has 2 N–H and O–H groups in total. The van der Waals surface area contributed by atoms with Crippen molar-refractivity contribution < 1.29 is 18.0 Å². The number of hydrogen-bond acceptors (Lipinski definition) is 3. The van der Waals surface area contributed by atoms with Gasteiger partial charge < -0.3 is 10.6 Å². The highest BCUT2D eigenvalue weighted by molar-refractivity contribution is 5.94. The third kappa shape index (κ3) is 5.09. The zero-order chi connectivity index (χ0) is 20.1. The molecule has 0 saturated carbocycles. The van der Waals surface area contributed by atoms with Gasteiger partial charge in [-0.25, -0.2) is 0 Å². The molecule has 4 nitrogen and oxygen atoms in total. The molecule has 28 heavy (non-hydrogen) atoms. The predicted molar refractivity (Wildman–Crippen MR) is 101 cm³/mol. The molecular formula is C21H18F3N3O. The highest BCUT2D eigenvalue weighted by Gasteiger charge is 2.29. The minimum Gasteiger partial charge on any atom is -0.354 e. The second kappa shape index (κ2) is 8.12. The van der Waals surface area contributed by atoms with Crippen LogP contribution < -0.4 is 10.6 Å². The summed E-state index contributed by atoms with van der Waals surface area (Å²) in [6.45, 7) is 2.36. The first kappa shape index (κ1) is 19.4. The molecule has 3 rings (SSSR count). The minimum atomic E-state index is -4.38. The number of alkyl halides is 3. The average Bonchev–Trinajstić information content (AvgIpc) is 2.66. The van der Waals surface area contributed by atoms with Crippen LogP contribution in [0.5, 0.6) is 0 Å². The lowest BCUT2D eigenvalue weighted by Crippen LogP contribution is -2.23. The molecule has 0 unspecified atom stereocenters. The van der Waals surface area contributed by atoms with Crippen LogP contribution in [0.1, 0.15) is 27.0 Å². The Kier molecular flexibility index (Phi) is 5.63. The van der Waals surface area contributed by atoms with E-state index in [-0.39, 0.29) is 5.91 Å². The maximum atomic E-state index is 12.6. The van der Waals surface area contributed by atoms with Gasteiger partial charge in [-0.15, -0.1) is 0 Å². The molecule has 0 aliphatic carbocycles. The third-order valence-electron chi connectivity index (χ3n) is 4.04. The van der Waals surface area contributed by atoms with Crippen molar-refractivity contribution in [1.29, 1.82) is 0 Å². The van der Waals surface area contributed by atoms with Crippen LogP contribution in [0.25, 0.3) is 0 Å². The third-order valence-corrected chi connectivity index (χ3v) is 4.04. The Labute approximate surface area is 160 Å². The molecule has 0 aliphatic heterocycles. The number of aryl methyl sites for hydroxylation is 1. The van der Waals surface area contributed by atoms with Crippen molar-refractivity contribution in [2.24, 2.45) is 0 Å². The number of nitrogens with zero attached hydrogens (tertiary/aromatic N) is 1. The molecule has 144 valence electrons. The zero-order valence-electron chi connectivity index (χ0n) is 15.0. The Morgan fingerprint density at radius 3 is 2.43 bits per heavy atom. The summed E-state index contributed by atoms with van der Waals surface area (Å²) in [5.74, 6) is -0.287. The van der Waals surface area contributed by atoms with Gasteiger partial charge in [-0.2, -0.15) is 13.2 Å². The van der Waals surface area contributed by atoms with Crippen LogP contribution in [0.2, 0.25) is 0 Å². The summed E-state index contributed by atoms with van der Waals surface area (Å²) in [5.41, 5.74) is 2.69. The van der Waals surface area contributed by atoms with Crippen LogP contribution in [0.4, 0.5) is 24.5 Å². The van der Waals surface area contributed by atoms with E-state index < -0.39 is 11.7 Å². The predicted octanol–water partition coefficient (Wildman–Crippen LogP) is 5.08. The average molecular weight is 385 g/mol. The van der Waals surface area contributed by atoms with Crippen molar-refractivity contribution in [3.63, 3.8) is 0 Å². The van der Waals surface area contributed by atoms with Gasteiger partial charge in [-0.3, -0.25) is 9.78 Å². The van der Waals surface area contributed by atoms with Gasteiger partial charge >= 0.3 is 6.18 Å². The molecule has 7 heteroatoms. The number of amides is 1. The standard InChI is InChI=1S/C21H18F3N3O/c1-14-3-2-4-15(9-14)11-26-20(28)16-10-19(13-25-12-16)27-18-7-5-17(6-8-18)21(22,23)24/h2-10,12-13,27H,11H2,1H3,(H,26,28). The molecule has 0 radical (unpaired) electrons. The molecule has 1 amide bonds. The van der Waals surface area contributed by atoms with Gasteiger partial charge in [-0.05, 0) is 42.8 Å². The molecule has 0 saturated heterocycles. The molecule has 0 atom stereocenters. The molecular weight excluding hydrogens is 367 g/mol. The van der Waals surface area contributed by atoms with Crippen molar-refractivity contribution in [2.45, 2.75) is 19.6 Å². The monoisotopic (exact) mass is 385 g/mol. The summed E-state index contributed by atoms with van der Waals surface area (Å²) >= 11 is 0. The lowest BCUT2D eigenvalue weighted by atomic mass is 10.1. The highest BCUT2D eigenvalue weighted by Crippen LogP contribution is 2.30. The number of benzene rings is 2. The first-order chi connectivity index (χ1) is 13.3. The maximum absolute atomic E-state index is 12.6. The Bertz CT molecular complexity index is 969. The SMILES string of the molecule is Cc1cccc(CNC(=O)c2cncc(Nc3ccc(C(F)(F)F)cc3)c2)c1. The van der Waals surface area contributed by atoms with Crippen molar-refractivity contribution >= 4 is 17.3 Å². The van der Waals surface area contributed by atoms with E-state index >= 15 is 0 Å². The van der Waals surface area contributed by atoms with Gasteiger partial charge in [0, 0.05) is 18.4 Å². The van der Waals surface area contributed by atoms with Crippen LogP contribution in [0, 0.1) is 6.92 Å². The Morgan fingerprint density at radius 1 is 1.00 bits per heavy atom. The lowest BCUT2D eigenvalue weighted by molar-refractivity contribution is -0.137. The van der Waals surface area contributed by atoms with Gasteiger partial charge in [0.1, 0.15) is 0 Å². The van der Waals surface area contributed by atoms with Crippen molar-refractivity contribution in [3.8, 4) is 0 Å². The molecule has 0 bridgehead atoms. The largest absolute Gasteiger partial charge is 0.416 e. The van der Waals surface area contributed by atoms with Crippen LogP contribution in [0.3, 0.4) is 0 Å². The first-order valence-corrected chi connectivity index (χ1v) is 8.54. The van der Waals surface area contributed by atoms with E-state index in [1.54, 1.807) is 6.07 Å². The fourth-order valence-corrected chi connectivity index (χ4v) is 2.65. The van der Waals surface area contributed by atoms with Gasteiger partial charge in [0.05, 0.1) is 23.0 Å². The number of hydrogen-bond donors (Lipinski definition) is 2. The van der Waals surface area contributed by atoms with E-state index in [2.05, 4.69) is 15.6 Å². The molecule has 3 aromatic rings. The van der Waals surface area contributed by atoms with E-state index in [0.717, 1.165) is 23.3 Å². The fraction of sp³-hybridized carbons (Fsp3) is 0.143. The number of anilines is 2. The van der Waals surface area contributed by atoms with Gasteiger partial charge in [-0.1, -0.05) is 29.8 Å². The number of aromatic nitrogens is 1. The fourth-order valence-electron chi connectivity index (χ4n) is 2.65. The minimum absolute atomic E-state index is 0.287. The van der Waals surface area contributed by atoms with Crippen molar-refractivity contribution in [3.05, 3.63) is 89.2 Å². The topological polar surface area (TPSA) is 54.0 Å². The maximum Gasteiger partial charge on any atom is 0.416 e. The summed E-state index contributed by atoms with van der Waals surface area (Å²) < 4.78 is 37.9. The Morgan fingerprint density at radius 2 is 1.75 bits per heavy atom. The lowest BCUT2D eigenvalue weighted by Gasteiger charge is -2.10. The van der Waals surface area contributed by atoms with E-state index in [1.807, 2.05) is 31.2 Å². The smallest absolute Gasteiger partial charge is 0.354 e.